The number of hydrogen-bond acceptors (Lipinski definition) is 6. The first-order chi connectivity index (χ1) is 16.1. The molecule has 0 aromatic heterocycles. The van der Waals surface area contributed by atoms with Gasteiger partial charge in [-0.1, -0.05) is 48.5 Å². The summed E-state index contributed by atoms with van der Waals surface area (Å²) in [5.74, 6) is 1.39. The van der Waals surface area contributed by atoms with Gasteiger partial charge in [0.15, 0.2) is 11.5 Å². The van der Waals surface area contributed by atoms with Gasteiger partial charge in [0.2, 0.25) is 16.8 Å². The second kappa shape index (κ2) is 9.52. The Balaban J connectivity index is 1.34. The zero-order valence-electron chi connectivity index (χ0n) is 18.1. The molecule has 7 nitrogen and oxygen atoms in total. The number of hydrogen-bond donors (Lipinski definition) is 1. The van der Waals surface area contributed by atoms with Crippen LogP contribution < -0.4 is 14.2 Å². The molecule has 2 aliphatic heterocycles. The van der Waals surface area contributed by atoms with E-state index in [1.54, 1.807) is 12.1 Å². The largest absolute Gasteiger partial charge is 0.454 e. The smallest absolute Gasteiger partial charge is 0.240 e. The van der Waals surface area contributed by atoms with Gasteiger partial charge in [-0.25, -0.2) is 13.1 Å². The number of nitrogens with one attached hydrogen (secondary N) is 1. The number of sulfonamides is 1. The molecule has 1 N–H and O–H groups in total. The maximum atomic E-state index is 13.1. The molecule has 0 radical (unpaired) electrons. The van der Waals surface area contributed by atoms with Gasteiger partial charge in [0, 0.05) is 25.7 Å². The minimum absolute atomic E-state index is 0.151. The fourth-order valence-electron chi connectivity index (χ4n) is 4.20. The predicted molar refractivity (Wildman–Crippen MR) is 125 cm³/mol. The normalized spacial score (nSPS) is 17.1. The van der Waals surface area contributed by atoms with Gasteiger partial charge in [0.25, 0.3) is 0 Å². The third-order valence-electron chi connectivity index (χ3n) is 6.01. The summed E-state index contributed by atoms with van der Waals surface area (Å²) in [6.07, 6.45) is 0. The van der Waals surface area contributed by atoms with Crippen molar-refractivity contribution in [1.29, 1.82) is 0 Å². The fourth-order valence-corrected chi connectivity index (χ4v) is 5.23. The van der Waals surface area contributed by atoms with E-state index in [4.69, 9.17) is 14.2 Å². The SMILES string of the molecule is O=S(=O)(NC[C@@H](c1ccc2c(c1)OCO2)N1CCOCC1)c1ccc(-c2ccccc2)cc1. The summed E-state index contributed by atoms with van der Waals surface area (Å²) in [5.41, 5.74) is 2.99. The minimum Gasteiger partial charge on any atom is -0.454 e. The highest BCUT2D eigenvalue weighted by molar-refractivity contribution is 7.89. The lowest BCUT2D eigenvalue weighted by Gasteiger charge is -2.35. The molecule has 0 bridgehead atoms. The van der Waals surface area contributed by atoms with Crippen LogP contribution in [0.2, 0.25) is 0 Å². The van der Waals surface area contributed by atoms with Crippen molar-refractivity contribution in [1.82, 2.24) is 9.62 Å². The van der Waals surface area contributed by atoms with Gasteiger partial charge < -0.3 is 14.2 Å². The average molecular weight is 467 g/mol. The molecule has 2 aliphatic rings. The van der Waals surface area contributed by atoms with Crippen molar-refractivity contribution in [2.24, 2.45) is 0 Å². The second-order valence-electron chi connectivity index (χ2n) is 8.02. The molecule has 3 aromatic carbocycles. The molecule has 0 amide bonds. The van der Waals surface area contributed by atoms with Gasteiger partial charge in [-0.05, 0) is 41.0 Å². The molecule has 1 saturated heterocycles. The predicted octanol–water partition coefficient (Wildman–Crippen LogP) is 3.43. The molecule has 1 atom stereocenters. The Bertz CT molecular complexity index is 1190. The third-order valence-corrected chi connectivity index (χ3v) is 7.45. The zero-order valence-corrected chi connectivity index (χ0v) is 19.0. The summed E-state index contributed by atoms with van der Waals surface area (Å²) >= 11 is 0. The Labute approximate surface area is 193 Å². The van der Waals surface area contributed by atoms with Crippen LogP contribution in [0, 0.1) is 0 Å². The molecule has 8 heteroatoms. The van der Waals surface area contributed by atoms with Crippen molar-refractivity contribution in [3.8, 4) is 22.6 Å². The maximum Gasteiger partial charge on any atom is 0.240 e. The molecule has 0 aliphatic carbocycles. The zero-order chi connectivity index (χ0) is 22.7. The van der Waals surface area contributed by atoms with Gasteiger partial charge in [0.1, 0.15) is 0 Å². The van der Waals surface area contributed by atoms with Crippen LogP contribution >= 0.6 is 0 Å². The van der Waals surface area contributed by atoms with Gasteiger partial charge in [0.05, 0.1) is 18.1 Å². The quantitative estimate of drug-likeness (QED) is 0.575. The number of rotatable bonds is 7. The molecular weight excluding hydrogens is 440 g/mol. The Morgan fingerprint density at radius 1 is 0.848 bits per heavy atom. The molecule has 0 spiro atoms. The van der Waals surface area contributed by atoms with E-state index in [9.17, 15) is 8.42 Å². The van der Waals surface area contributed by atoms with Crippen LogP contribution in [0.1, 0.15) is 11.6 Å². The maximum absolute atomic E-state index is 13.1. The summed E-state index contributed by atoms with van der Waals surface area (Å²) < 4.78 is 45.4. The summed E-state index contributed by atoms with van der Waals surface area (Å²) in [5, 5.41) is 0. The number of morpholine rings is 1. The Morgan fingerprint density at radius 3 is 2.30 bits per heavy atom. The van der Waals surface area contributed by atoms with Crippen molar-refractivity contribution >= 4 is 10.0 Å². The number of ether oxygens (including phenoxy) is 3. The highest BCUT2D eigenvalue weighted by Gasteiger charge is 2.27. The minimum atomic E-state index is -3.68. The van der Waals surface area contributed by atoms with Gasteiger partial charge in [-0.15, -0.1) is 0 Å². The lowest BCUT2D eigenvalue weighted by molar-refractivity contribution is 0.0171. The molecule has 2 heterocycles. The lowest BCUT2D eigenvalue weighted by atomic mass is 10.0. The molecule has 33 heavy (non-hydrogen) atoms. The molecular formula is C25H26N2O5S. The van der Waals surface area contributed by atoms with Crippen LogP contribution in [-0.4, -0.2) is 53.0 Å². The van der Waals surface area contributed by atoms with Gasteiger partial charge in [-0.2, -0.15) is 0 Å². The highest BCUT2D eigenvalue weighted by Crippen LogP contribution is 2.35. The Morgan fingerprint density at radius 2 is 1.55 bits per heavy atom. The fraction of sp³-hybridized carbons (Fsp3) is 0.280. The van der Waals surface area contributed by atoms with E-state index in [2.05, 4.69) is 9.62 Å². The third kappa shape index (κ3) is 4.89. The van der Waals surface area contributed by atoms with Gasteiger partial charge in [-0.3, -0.25) is 4.90 Å². The monoisotopic (exact) mass is 466 g/mol. The molecule has 5 rings (SSSR count). The van der Waals surface area contributed by atoms with Crippen LogP contribution in [0.15, 0.2) is 77.7 Å². The molecule has 1 fully saturated rings. The van der Waals surface area contributed by atoms with Crippen molar-refractivity contribution in [3.05, 3.63) is 78.4 Å². The van der Waals surface area contributed by atoms with Crippen LogP contribution in [0.5, 0.6) is 11.5 Å². The lowest BCUT2D eigenvalue weighted by Crippen LogP contribution is -2.43. The van der Waals surface area contributed by atoms with E-state index in [-0.39, 0.29) is 24.3 Å². The summed E-state index contributed by atoms with van der Waals surface area (Å²) in [4.78, 5) is 2.48. The van der Waals surface area contributed by atoms with Crippen LogP contribution in [0.25, 0.3) is 11.1 Å². The molecule has 0 unspecified atom stereocenters. The topological polar surface area (TPSA) is 77.1 Å². The number of nitrogens with zero attached hydrogens (tertiary/aromatic N) is 1. The van der Waals surface area contributed by atoms with E-state index in [1.165, 1.54) is 0 Å². The van der Waals surface area contributed by atoms with E-state index in [0.29, 0.717) is 24.7 Å². The molecule has 0 saturated carbocycles. The summed E-state index contributed by atoms with van der Waals surface area (Å²) in [7, 11) is -3.68. The first-order valence-corrected chi connectivity index (χ1v) is 12.4. The second-order valence-corrected chi connectivity index (χ2v) is 9.79. The first-order valence-electron chi connectivity index (χ1n) is 11.0. The highest BCUT2D eigenvalue weighted by atomic mass is 32.2. The van der Waals surface area contributed by atoms with E-state index in [0.717, 1.165) is 29.8 Å². The van der Waals surface area contributed by atoms with Gasteiger partial charge >= 0.3 is 0 Å². The van der Waals surface area contributed by atoms with E-state index in [1.807, 2.05) is 60.7 Å². The molecule has 172 valence electrons. The van der Waals surface area contributed by atoms with Crippen molar-refractivity contribution in [2.75, 3.05) is 39.6 Å². The summed E-state index contributed by atoms with van der Waals surface area (Å²) in [6, 6.07) is 22.5. The standard InChI is InChI=1S/C25H26N2O5S/c28-33(29,22-9-6-20(7-10-22)19-4-2-1-3-5-19)26-17-23(27-12-14-30-15-13-27)21-8-11-24-25(16-21)32-18-31-24/h1-11,16,23,26H,12-15,17-18H2/t23-/m0/s1. The van der Waals surface area contributed by atoms with Crippen molar-refractivity contribution in [3.63, 3.8) is 0 Å². The van der Waals surface area contributed by atoms with E-state index < -0.39 is 10.0 Å². The van der Waals surface area contributed by atoms with Crippen molar-refractivity contribution in [2.45, 2.75) is 10.9 Å². The Kier molecular flexibility index (Phi) is 6.32. The Hall–Kier alpha value is -2.91. The molecule has 3 aromatic rings. The van der Waals surface area contributed by atoms with Crippen LogP contribution in [0.4, 0.5) is 0 Å². The number of fused-ring (bicyclic) bond motifs is 1. The summed E-state index contributed by atoms with van der Waals surface area (Å²) in [6.45, 7) is 3.14. The van der Waals surface area contributed by atoms with E-state index >= 15 is 0 Å². The van der Waals surface area contributed by atoms with Crippen LogP contribution in [0.3, 0.4) is 0 Å². The average Bonchev–Trinajstić information content (AvgIpc) is 3.34. The number of benzene rings is 3. The van der Waals surface area contributed by atoms with Crippen molar-refractivity contribution < 1.29 is 22.6 Å². The van der Waals surface area contributed by atoms with Crippen LogP contribution in [-0.2, 0) is 14.8 Å². The first kappa shape index (κ1) is 21.9.